The van der Waals surface area contributed by atoms with E-state index in [2.05, 4.69) is 52.8 Å². The highest BCUT2D eigenvalue weighted by molar-refractivity contribution is 9.11. The minimum atomic E-state index is -0.594. The summed E-state index contributed by atoms with van der Waals surface area (Å²) in [7, 11) is 0. The Balaban J connectivity index is 2.17. The van der Waals surface area contributed by atoms with Gasteiger partial charge in [0.1, 0.15) is 6.10 Å². The van der Waals surface area contributed by atoms with Crippen molar-refractivity contribution in [2.75, 3.05) is 0 Å². The van der Waals surface area contributed by atoms with E-state index in [1.54, 1.807) is 17.5 Å². The van der Waals surface area contributed by atoms with Gasteiger partial charge in [-0.3, -0.25) is 4.98 Å². The number of pyridine rings is 1. The summed E-state index contributed by atoms with van der Waals surface area (Å²) in [6.45, 7) is 0. The Morgan fingerprint density at radius 3 is 2.59 bits per heavy atom. The lowest BCUT2D eigenvalue weighted by Crippen LogP contribution is -2.04. The first-order chi connectivity index (χ1) is 8.06. The number of halogens is 3. The molecule has 0 fully saturated rings. The van der Waals surface area contributed by atoms with Crippen LogP contribution in [-0.4, -0.2) is 10.1 Å². The largest absolute Gasteiger partial charge is 0.386 e. The van der Waals surface area contributed by atoms with Crippen LogP contribution < -0.4 is 0 Å². The Hall–Kier alpha value is 0.250. The normalized spacial score (nSPS) is 12.7. The van der Waals surface area contributed by atoms with E-state index in [0.29, 0.717) is 12.1 Å². The standard InChI is InChI=1S/C11H8Br3NOS/c12-6-2-9(14)11(15-4-6)10(16)3-8-1-7(13)5-17-8/h1-2,4-5,10,16H,3H2. The maximum absolute atomic E-state index is 10.1. The van der Waals surface area contributed by atoms with Gasteiger partial charge in [-0.1, -0.05) is 0 Å². The van der Waals surface area contributed by atoms with Crippen molar-refractivity contribution < 1.29 is 5.11 Å². The predicted octanol–water partition coefficient (Wildman–Crippen LogP) is 4.71. The van der Waals surface area contributed by atoms with E-state index in [1.807, 2.05) is 17.5 Å². The van der Waals surface area contributed by atoms with Crippen LogP contribution in [0.3, 0.4) is 0 Å². The van der Waals surface area contributed by atoms with Crippen molar-refractivity contribution in [2.45, 2.75) is 12.5 Å². The van der Waals surface area contributed by atoms with Crippen molar-refractivity contribution in [3.05, 3.63) is 47.7 Å². The van der Waals surface area contributed by atoms with Gasteiger partial charge in [0, 0.05) is 36.3 Å². The van der Waals surface area contributed by atoms with Gasteiger partial charge in [-0.15, -0.1) is 11.3 Å². The summed E-state index contributed by atoms with van der Waals surface area (Å²) >= 11 is 11.8. The number of aliphatic hydroxyl groups is 1. The molecule has 17 heavy (non-hydrogen) atoms. The molecule has 1 atom stereocenters. The van der Waals surface area contributed by atoms with Gasteiger partial charge in [0.2, 0.25) is 0 Å². The molecular weight excluding hydrogens is 434 g/mol. The van der Waals surface area contributed by atoms with Gasteiger partial charge in [-0.05, 0) is 59.9 Å². The zero-order chi connectivity index (χ0) is 12.4. The maximum atomic E-state index is 10.1. The van der Waals surface area contributed by atoms with Gasteiger partial charge in [-0.2, -0.15) is 0 Å². The number of aromatic nitrogens is 1. The Morgan fingerprint density at radius 1 is 1.24 bits per heavy atom. The molecule has 1 unspecified atom stereocenters. The van der Waals surface area contributed by atoms with Crippen LogP contribution in [0.15, 0.2) is 37.1 Å². The van der Waals surface area contributed by atoms with E-state index in [9.17, 15) is 5.11 Å². The van der Waals surface area contributed by atoms with E-state index in [4.69, 9.17) is 0 Å². The van der Waals surface area contributed by atoms with Gasteiger partial charge in [0.25, 0.3) is 0 Å². The van der Waals surface area contributed by atoms with Gasteiger partial charge in [0.15, 0.2) is 0 Å². The third kappa shape index (κ3) is 3.61. The van der Waals surface area contributed by atoms with Crippen molar-refractivity contribution in [3.63, 3.8) is 0 Å². The van der Waals surface area contributed by atoms with Crippen LogP contribution in [0.5, 0.6) is 0 Å². The van der Waals surface area contributed by atoms with E-state index in [-0.39, 0.29) is 0 Å². The second-order valence-electron chi connectivity index (χ2n) is 3.47. The fourth-order valence-electron chi connectivity index (χ4n) is 1.42. The second kappa shape index (κ2) is 5.93. The number of thiophene rings is 1. The molecule has 0 aliphatic heterocycles. The zero-order valence-corrected chi connectivity index (χ0v) is 14.1. The molecule has 0 spiro atoms. The van der Waals surface area contributed by atoms with Gasteiger partial charge in [0.05, 0.1) is 5.69 Å². The van der Waals surface area contributed by atoms with Crippen molar-refractivity contribution in [1.82, 2.24) is 4.98 Å². The molecular formula is C11H8Br3NOS. The SMILES string of the molecule is OC(Cc1cc(Br)cs1)c1ncc(Br)cc1Br. The Labute approximate surface area is 128 Å². The quantitative estimate of drug-likeness (QED) is 0.748. The first kappa shape index (κ1) is 13.7. The smallest absolute Gasteiger partial charge is 0.102 e. The summed E-state index contributed by atoms with van der Waals surface area (Å²) in [5, 5.41) is 12.1. The number of rotatable bonds is 3. The molecule has 2 rings (SSSR count). The fourth-order valence-corrected chi connectivity index (χ4v) is 4.16. The van der Waals surface area contributed by atoms with Crippen LogP contribution in [0.25, 0.3) is 0 Å². The highest BCUT2D eigenvalue weighted by Crippen LogP contribution is 2.29. The lowest BCUT2D eigenvalue weighted by molar-refractivity contribution is 0.173. The van der Waals surface area contributed by atoms with Crippen molar-refractivity contribution in [3.8, 4) is 0 Å². The number of hydrogen-bond acceptors (Lipinski definition) is 3. The first-order valence-electron chi connectivity index (χ1n) is 4.78. The third-order valence-electron chi connectivity index (χ3n) is 2.17. The monoisotopic (exact) mass is 439 g/mol. The summed E-state index contributed by atoms with van der Waals surface area (Å²) < 4.78 is 2.75. The van der Waals surface area contributed by atoms with Crippen LogP contribution in [0.4, 0.5) is 0 Å². The van der Waals surface area contributed by atoms with Crippen LogP contribution >= 0.6 is 59.1 Å². The molecule has 2 heterocycles. The average molecular weight is 442 g/mol. The van der Waals surface area contributed by atoms with Crippen LogP contribution in [-0.2, 0) is 6.42 Å². The molecule has 6 heteroatoms. The second-order valence-corrected chi connectivity index (χ2v) is 7.15. The molecule has 0 radical (unpaired) electrons. The highest BCUT2D eigenvalue weighted by atomic mass is 79.9. The van der Waals surface area contributed by atoms with E-state index >= 15 is 0 Å². The van der Waals surface area contributed by atoms with Gasteiger partial charge in [-0.25, -0.2) is 0 Å². The van der Waals surface area contributed by atoms with Gasteiger partial charge < -0.3 is 5.11 Å². The topological polar surface area (TPSA) is 33.1 Å². The molecule has 0 aliphatic rings. The minimum Gasteiger partial charge on any atom is -0.386 e. The molecule has 2 aromatic rings. The zero-order valence-electron chi connectivity index (χ0n) is 8.53. The molecule has 0 saturated carbocycles. The Morgan fingerprint density at radius 2 is 2.00 bits per heavy atom. The molecule has 0 aromatic carbocycles. The lowest BCUT2D eigenvalue weighted by atomic mass is 10.1. The average Bonchev–Trinajstić information content (AvgIpc) is 2.63. The van der Waals surface area contributed by atoms with Crippen molar-refractivity contribution >= 4 is 59.1 Å². The number of aliphatic hydroxyl groups excluding tert-OH is 1. The first-order valence-corrected chi connectivity index (χ1v) is 8.04. The van der Waals surface area contributed by atoms with Gasteiger partial charge >= 0.3 is 0 Å². The summed E-state index contributed by atoms with van der Waals surface area (Å²) in [5.74, 6) is 0. The van der Waals surface area contributed by atoms with Crippen LogP contribution in [0, 0.1) is 0 Å². The van der Waals surface area contributed by atoms with E-state index in [1.165, 1.54) is 0 Å². The van der Waals surface area contributed by atoms with Crippen LogP contribution in [0.2, 0.25) is 0 Å². The molecule has 90 valence electrons. The van der Waals surface area contributed by atoms with E-state index < -0.39 is 6.10 Å². The number of nitrogens with zero attached hydrogens (tertiary/aromatic N) is 1. The summed E-state index contributed by atoms with van der Waals surface area (Å²) in [4.78, 5) is 5.36. The summed E-state index contributed by atoms with van der Waals surface area (Å²) in [6, 6.07) is 3.90. The Bertz CT molecular complexity index is 529. The fraction of sp³-hybridized carbons (Fsp3) is 0.182. The minimum absolute atomic E-state index is 0.573. The van der Waals surface area contributed by atoms with E-state index in [0.717, 1.165) is 18.3 Å². The van der Waals surface area contributed by atoms with Crippen LogP contribution in [0.1, 0.15) is 16.7 Å². The predicted molar refractivity (Wildman–Crippen MR) is 80.3 cm³/mol. The Kier molecular flexibility index (Phi) is 4.77. The number of hydrogen-bond donors (Lipinski definition) is 1. The molecule has 2 nitrogen and oxygen atoms in total. The molecule has 0 amide bonds. The van der Waals surface area contributed by atoms with Crippen molar-refractivity contribution in [2.24, 2.45) is 0 Å². The molecule has 0 saturated heterocycles. The highest BCUT2D eigenvalue weighted by Gasteiger charge is 2.15. The summed E-state index contributed by atoms with van der Waals surface area (Å²) in [5.41, 5.74) is 0.665. The molecule has 0 aliphatic carbocycles. The lowest BCUT2D eigenvalue weighted by Gasteiger charge is -2.10. The maximum Gasteiger partial charge on any atom is 0.102 e. The van der Waals surface area contributed by atoms with Crippen molar-refractivity contribution in [1.29, 1.82) is 0 Å². The molecule has 2 aromatic heterocycles. The molecule has 0 bridgehead atoms. The molecule has 1 N–H and O–H groups in total. The summed E-state index contributed by atoms with van der Waals surface area (Å²) in [6.07, 6.45) is 1.67. The third-order valence-corrected chi connectivity index (χ3v) is 4.96.